The first-order valence-electron chi connectivity index (χ1n) is 4.63. The molecule has 0 aliphatic rings. The molecular formula is C9H11F3N2O2. The summed E-state index contributed by atoms with van der Waals surface area (Å²) in [4.78, 5) is 10.6. The zero-order valence-corrected chi connectivity index (χ0v) is 8.58. The average molecular weight is 236 g/mol. The third-order valence-electron chi connectivity index (χ3n) is 2.16. The SMILES string of the molecule is Cc1c(C(=O)O)cnn1CCCC(F)(F)F. The molecule has 90 valence electrons. The number of hydrogen-bond donors (Lipinski definition) is 1. The molecule has 1 N–H and O–H groups in total. The molecular weight excluding hydrogens is 225 g/mol. The molecule has 0 radical (unpaired) electrons. The summed E-state index contributed by atoms with van der Waals surface area (Å²) in [5.74, 6) is -1.13. The van der Waals surface area contributed by atoms with Crippen LogP contribution in [0.15, 0.2) is 6.20 Å². The molecule has 0 fully saturated rings. The summed E-state index contributed by atoms with van der Waals surface area (Å²) in [6.45, 7) is 1.59. The van der Waals surface area contributed by atoms with Crippen molar-refractivity contribution in [2.75, 3.05) is 0 Å². The Balaban J connectivity index is 2.59. The van der Waals surface area contributed by atoms with Crippen LogP contribution in [0.5, 0.6) is 0 Å². The van der Waals surface area contributed by atoms with Gasteiger partial charge in [0.2, 0.25) is 0 Å². The van der Waals surface area contributed by atoms with Gasteiger partial charge >= 0.3 is 12.1 Å². The number of carbonyl (C=O) groups is 1. The number of aromatic carboxylic acids is 1. The lowest BCUT2D eigenvalue weighted by Gasteiger charge is -2.07. The lowest BCUT2D eigenvalue weighted by atomic mass is 10.2. The number of aryl methyl sites for hydroxylation is 1. The van der Waals surface area contributed by atoms with Crippen molar-refractivity contribution in [3.63, 3.8) is 0 Å². The van der Waals surface area contributed by atoms with E-state index in [9.17, 15) is 18.0 Å². The fourth-order valence-corrected chi connectivity index (χ4v) is 1.31. The number of carboxylic acids is 1. The number of carboxylic acid groups (broad SMARTS) is 1. The van der Waals surface area contributed by atoms with Gasteiger partial charge < -0.3 is 5.11 Å². The number of alkyl halides is 3. The highest BCUT2D eigenvalue weighted by Crippen LogP contribution is 2.21. The summed E-state index contributed by atoms with van der Waals surface area (Å²) in [5.41, 5.74) is 0.390. The Morgan fingerprint density at radius 1 is 1.56 bits per heavy atom. The Hall–Kier alpha value is -1.53. The molecule has 1 aromatic heterocycles. The van der Waals surface area contributed by atoms with Gasteiger partial charge in [-0.1, -0.05) is 0 Å². The number of nitrogens with zero attached hydrogens (tertiary/aromatic N) is 2. The average Bonchev–Trinajstić information content (AvgIpc) is 2.46. The quantitative estimate of drug-likeness (QED) is 0.872. The van der Waals surface area contributed by atoms with Crippen molar-refractivity contribution in [3.05, 3.63) is 17.5 Å². The van der Waals surface area contributed by atoms with Crippen LogP contribution in [0.4, 0.5) is 13.2 Å². The van der Waals surface area contributed by atoms with E-state index in [0.29, 0.717) is 5.69 Å². The molecule has 0 atom stereocenters. The van der Waals surface area contributed by atoms with E-state index >= 15 is 0 Å². The molecule has 16 heavy (non-hydrogen) atoms. The molecule has 0 spiro atoms. The molecule has 1 aromatic rings. The van der Waals surface area contributed by atoms with E-state index in [-0.39, 0.29) is 18.5 Å². The highest BCUT2D eigenvalue weighted by Gasteiger charge is 2.26. The molecule has 0 bridgehead atoms. The first kappa shape index (κ1) is 12.5. The van der Waals surface area contributed by atoms with Gasteiger partial charge in [-0.25, -0.2) is 4.79 Å². The van der Waals surface area contributed by atoms with Gasteiger partial charge in [0.25, 0.3) is 0 Å². The van der Waals surface area contributed by atoms with Crippen molar-refractivity contribution in [2.45, 2.75) is 32.5 Å². The molecule has 0 unspecified atom stereocenters. The van der Waals surface area contributed by atoms with Gasteiger partial charge in [0.15, 0.2) is 0 Å². The summed E-state index contributed by atoms with van der Waals surface area (Å²) in [5, 5.41) is 12.4. The molecule has 4 nitrogen and oxygen atoms in total. The van der Waals surface area contributed by atoms with Crippen LogP contribution in [-0.2, 0) is 6.54 Å². The van der Waals surface area contributed by atoms with Crippen molar-refractivity contribution in [3.8, 4) is 0 Å². The summed E-state index contributed by atoms with van der Waals surface area (Å²) in [6, 6.07) is 0. The molecule has 0 aliphatic heterocycles. The van der Waals surface area contributed by atoms with Gasteiger partial charge in [-0.2, -0.15) is 18.3 Å². The van der Waals surface area contributed by atoms with Crippen molar-refractivity contribution in [2.24, 2.45) is 0 Å². The van der Waals surface area contributed by atoms with E-state index in [1.165, 1.54) is 11.6 Å². The maximum Gasteiger partial charge on any atom is 0.389 e. The second kappa shape index (κ2) is 4.54. The van der Waals surface area contributed by atoms with E-state index in [1.807, 2.05) is 0 Å². The van der Waals surface area contributed by atoms with E-state index in [2.05, 4.69) is 5.10 Å². The smallest absolute Gasteiger partial charge is 0.389 e. The minimum atomic E-state index is -4.18. The van der Waals surface area contributed by atoms with Crippen LogP contribution in [0, 0.1) is 6.92 Å². The van der Waals surface area contributed by atoms with Gasteiger partial charge in [0, 0.05) is 18.7 Å². The monoisotopic (exact) mass is 236 g/mol. The van der Waals surface area contributed by atoms with Gasteiger partial charge in [-0.05, 0) is 13.3 Å². The third-order valence-corrected chi connectivity index (χ3v) is 2.16. The van der Waals surface area contributed by atoms with Crippen molar-refractivity contribution >= 4 is 5.97 Å². The van der Waals surface area contributed by atoms with Crippen molar-refractivity contribution in [1.82, 2.24) is 9.78 Å². The standard InChI is InChI=1S/C9H11F3N2O2/c1-6-7(8(15)16)5-13-14(6)4-2-3-9(10,11)12/h5H,2-4H2,1H3,(H,15,16). The number of halogens is 3. The zero-order chi connectivity index (χ0) is 12.3. The first-order valence-corrected chi connectivity index (χ1v) is 4.63. The minimum absolute atomic E-state index is 0.0204. The highest BCUT2D eigenvalue weighted by molar-refractivity contribution is 5.88. The van der Waals surface area contributed by atoms with Gasteiger partial charge in [0.05, 0.1) is 6.20 Å². The Labute approximate surface area is 89.7 Å². The largest absolute Gasteiger partial charge is 0.478 e. The molecule has 0 amide bonds. The molecule has 1 rings (SSSR count). The van der Waals surface area contributed by atoms with Gasteiger partial charge in [-0.3, -0.25) is 4.68 Å². The molecule has 0 saturated carbocycles. The summed E-state index contributed by atoms with van der Waals surface area (Å²) < 4.78 is 36.9. The predicted octanol–water partition coefficient (Wildman–Crippen LogP) is 2.23. The molecule has 0 aromatic carbocycles. The molecule has 7 heteroatoms. The van der Waals surface area contributed by atoms with Gasteiger partial charge in [-0.15, -0.1) is 0 Å². The Kier molecular flexibility index (Phi) is 3.56. The van der Waals surface area contributed by atoms with Crippen LogP contribution >= 0.6 is 0 Å². The summed E-state index contributed by atoms with van der Waals surface area (Å²) in [7, 11) is 0. The van der Waals surface area contributed by atoms with E-state index in [4.69, 9.17) is 5.11 Å². The number of rotatable bonds is 4. The third kappa shape index (κ3) is 3.25. The minimum Gasteiger partial charge on any atom is -0.478 e. The Morgan fingerprint density at radius 3 is 2.62 bits per heavy atom. The van der Waals surface area contributed by atoms with Crippen LogP contribution in [0.3, 0.4) is 0 Å². The van der Waals surface area contributed by atoms with Crippen LogP contribution < -0.4 is 0 Å². The lowest BCUT2D eigenvalue weighted by molar-refractivity contribution is -0.136. The van der Waals surface area contributed by atoms with Crippen LogP contribution in [0.1, 0.15) is 28.9 Å². The maximum atomic E-state index is 11.9. The topological polar surface area (TPSA) is 55.1 Å². The van der Waals surface area contributed by atoms with Crippen molar-refractivity contribution in [1.29, 1.82) is 0 Å². The second-order valence-electron chi connectivity index (χ2n) is 3.39. The van der Waals surface area contributed by atoms with Crippen LogP contribution in [0.2, 0.25) is 0 Å². The lowest BCUT2D eigenvalue weighted by Crippen LogP contribution is -2.11. The molecule has 1 heterocycles. The Morgan fingerprint density at radius 2 is 2.19 bits per heavy atom. The number of aromatic nitrogens is 2. The van der Waals surface area contributed by atoms with Crippen LogP contribution in [-0.4, -0.2) is 27.0 Å². The molecule has 0 saturated heterocycles. The zero-order valence-electron chi connectivity index (χ0n) is 8.58. The predicted molar refractivity (Wildman–Crippen MR) is 49.2 cm³/mol. The fraction of sp³-hybridized carbons (Fsp3) is 0.556. The molecule has 0 aliphatic carbocycles. The van der Waals surface area contributed by atoms with Gasteiger partial charge in [0.1, 0.15) is 5.56 Å². The summed E-state index contributed by atoms with van der Waals surface area (Å²) >= 11 is 0. The van der Waals surface area contributed by atoms with Crippen LogP contribution in [0.25, 0.3) is 0 Å². The normalized spacial score (nSPS) is 11.8. The number of hydrogen-bond acceptors (Lipinski definition) is 2. The maximum absolute atomic E-state index is 11.9. The second-order valence-corrected chi connectivity index (χ2v) is 3.39. The Bertz CT molecular complexity index is 385. The van der Waals surface area contributed by atoms with Crippen molar-refractivity contribution < 1.29 is 23.1 Å². The van der Waals surface area contributed by atoms with E-state index in [0.717, 1.165) is 6.20 Å². The highest BCUT2D eigenvalue weighted by atomic mass is 19.4. The summed E-state index contributed by atoms with van der Waals surface area (Å²) in [6.07, 6.45) is -4.04. The fourth-order valence-electron chi connectivity index (χ4n) is 1.31. The van der Waals surface area contributed by atoms with E-state index < -0.39 is 18.6 Å². The first-order chi connectivity index (χ1) is 7.31. The van der Waals surface area contributed by atoms with E-state index in [1.54, 1.807) is 0 Å².